The number of carbonyl (C=O) groups is 1. The Hall–Kier alpha value is -2.37. The summed E-state index contributed by atoms with van der Waals surface area (Å²) in [6.07, 6.45) is 0. The number of aryl methyl sites for hydroxylation is 1. The Balaban J connectivity index is 1.70. The van der Waals surface area contributed by atoms with Gasteiger partial charge in [-0.3, -0.25) is 9.69 Å². The number of para-hydroxylation sites is 1. The van der Waals surface area contributed by atoms with Crippen LogP contribution in [0.15, 0.2) is 47.4 Å². The molecule has 0 saturated carbocycles. The number of sulfonamides is 1. The number of benzene rings is 2. The van der Waals surface area contributed by atoms with Crippen LogP contribution in [0.2, 0.25) is 0 Å². The summed E-state index contributed by atoms with van der Waals surface area (Å²) >= 11 is 1.41. The van der Waals surface area contributed by atoms with E-state index in [9.17, 15) is 13.2 Å². The van der Waals surface area contributed by atoms with Crippen molar-refractivity contribution < 1.29 is 22.7 Å². The Labute approximate surface area is 191 Å². The molecule has 0 aliphatic carbocycles. The Morgan fingerprint density at radius 2 is 1.97 bits per heavy atom. The fourth-order valence-electron chi connectivity index (χ4n) is 3.54. The lowest BCUT2D eigenvalue weighted by Crippen LogP contribution is -2.41. The number of nitrogens with zero attached hydrogens (tertiary/aromatic N) is 3. The number of morpholine rings is 1. The molecule has 0 radical (unpaired) electrons. The van der Waals surface area contributed by atoms with Crippen molar-refractivity contribution in [1.82, 2.24) is 9.29 Å². The van der Waals surface area contributed by atoms with E-state index in [2.05, 4.69) is 4.98 Å². The monoisotopic (exact) mass is 475 g/mol. The second-order valence-corrected chi connectivity index (χ2v) is 10.3. The van der Waals surface area contributed by atoms with Crippen LogP contribution in [-0.4, -0.2) is 70.2 Å². The van der Waals surface area contributed by atoms with Gasteiger partial charge in [-0.15, -0.1) is 0 Å². The quantitative estimate of drug-likeness (QED) is 0.522. The fraction of sp³-hybridized carbons (Fsp3) is 0.364. The number of rotatable bonds is 7. The van der Waals surface area contributed by atoms with Crippen LogP contribution < -0.4 is 4.90 Å². The van der Waals surface area contributed by atoms with Gasteiger partial charge < -0.3 is 9.47 Å². The molecule has 4 rings (SSSR count). The average molecular weight is 476 g/mol. The smallest absolute Gasteiger partial charge is 0.260 e. The van der Waals surface area contributed by atoms with Gasteiger partial charge in [0.2, 0.25) is 10.0 Å². The molecule has 1 aromatic heterocycles. The summed E-state index contributed by atoms with van der Waals surface area (Å²) in [6.45, 7) is 3.68. The molecule has 1 fully saturated rings. The van der Waals surface area contributed by atoms with E-state index in [1.54, 1.807) is 31.1 Å². The highest BCUT2D eigenvalue weighted by molar-refractivity contribution is 7.89. The molecular weight excluding hydrogens is 450 g/mol. The molecule has 8 nitrogen and oxygen atoms in total. The fourth-order valence-corrected chi connectivity index (χ4v) is 6.18. The molecule has 1 saturated heterocycles. The number of hydrogen-bond acceptors (Lipinski definition) is 7. The summed E-state index contributed by atoms with van der Waals surface area (Å²) in [5.74, 6) is -0.320. The van der Waals surface area contributed by atoms with E-state index < -0.39 is 10.0 Å². The van der Waals surface area contributed by atoms with Crippen molar-refractivity contribution in [2.24, 2.45) is 0 Å². The largest absolute Gasteiger partial charge is 0.383 e. The second kappa shape index (κ2) is 9.63. The number of methoxy groups -OCH3 is 1. The number of carbonyl (C=O) groups excluding carboxylic acids is 1. The molecule has 1 amide bonds. The number of ether oxygens (including phenoxy) is 2. The van der Waals surface area contributed by atoms with Gasteiger partial charge in [-0.05, 0) is 36.8 Å². The SMILES string of the molecule is COCCN(C(=O)c1ccc(C)c(S(=O)(=O)N2CCOCC2)c1)c1nc2ccccc2s1. The van der Waals surface area contributed by atoms with Gasteiger partial charge in [0.25, 0.3) is 5.91 Å². The van der Waals surface area contributed by atoms with Gasteiger partial charge in [-0.2, -0.15) is 4.31 Å². The summed E-state index contributed by atoms with van der Waals surface area (Å²) in [6, 6.07) is 12.5. The van der Waals surface area contributed by atoms with Crippen molar-refractivity contribution in [1.29, 1.82) is 0 Å². The lowest BCUT2D eigenvalue weighted by molar-refractivity contribution is 0.0730. The van der Waals surface area contributed by atoms with Crippen LogP contribution in [0, 0.1) is 6.92 Å². The number of fused-ring (bicyclic) bond motifs is 1. The van der Waals surface area contributed by atoms with Crippen LogP contribution in [-0.2, 0) is 19.5 Å². The highest BCUT2D eigenvalue weighted by Gasteiger charge is 2.29. The molecule has 1 aliphatic heterocycles. The second-order valence-electron chi connectivity index (χ2n) is 7.41. The van der Waals surface area contributed by atoms with Crippen LogP contribution in [0.5, 0.6) is 0 Å². The van der Waals surface area contributed by atoms with Crippen LogP contribution in [0.3, 0.4) is 0 Å². The van der Waals surface area contributed by atoms with Crippen molar-refractivity contribution in [2.45, 2.75) is 11.8 Å². The van der Waals surface area contributed by atoms with E-state index in [4.69, 9.17) is 9.47 Å². The minimum atomic E-state index is -3.73. The van der Waals surface area contributed by atoms with E-state index in [1.807, 2.05) is 24.3 Å². The molecule has 2 heterocycles. The molecule has 2 aromatic carbocycles. The van der Waals surface area contributed by atoms with Crippen molar-refractivity contribution in [2.75, 3.05) is 51.5 Å². The first kappa shape index (κ1) is 22.8. The van der Waals surface area contributed by atoms with Crippen molar-refractivity contribution in [3.8, 4) is 0 Å². The molecule has 10 heteroatoms. The molecule has 0 unspecified atom stereocenters. The minimum absolute atomic E-state index is 0.140. The predicted molar refractivity (Wildman–Crippen MR) is 124 cm³/mol. The summed E-state index contributed by atoms with van der Waals surface area (Å²) < 4.78 is 39.3. The average Bonchev–Trinajstić information content (AvgIpc) is 3.24. The third-order valence-electron chi connectivity index (χ3n) is 5.30. The van der Waals surface area contributed by atoms with Gasteiger partial charge in [0.1, 0.15) is 0 Å². The lowest BCUT2D eigenvalue weighted by Gasteiger charge is -2.27. The summed E-state index contributed by atoms with van der Waals surface area (Å²) in [4.78, 5) is 19.8. The van der Waals surface area contributed by atoms with Gasteiger partial charge in [0.05, 0.1) is 41.5 Å². The van der Waals surface area contributed by atoms with E-state index in [1.165, 1.54) is 21.7 Å². The Morgan fingerprint density at radius 1 is 1.22 bits per heavy atom. The topological polar surface area (TPSA) is 89.0 Å². The van der Waals surface area contributed by atoms with E-state index in [0.717, 1.165) is 10.2 Å². The zero-order chi connectivity index (χ0) is 22.7. The molecule has 0 bridgehead atoms. The lowest BCUT2D eigenvalue weighted by atomic mass is 10.1. The molecule has 170 valence electrons. The first-order chi connectivity index (χ1) is 15.4. The number of amides is 1. The molecule has 0 atom stereocenters. The summed E-state index contributed by atoms with van der Waals surface area (Å²) in [5, 5.41) is 0.548. The van der Waals surface area contributed by atoms with Crippen molar-refractivity contribution >= 4 is 42.6 Å². The van der Waals surface area contributed by atoms with Crippen molar-refractivity contribution in [3.05, 3.63) is 53.6 Å². The maximum Gasteiger partial charge on any atom is 0.260 e. The summed E-state index contributed by atoms with van der Waals surface area (Å²) in [5.41, 5.74) is 1.69. The number of anilines is 1. The number of hydrogen-bond donors (Lipinski definition) is 0. The number of thiazole rings is 1. The van der Waals surface area contributed by atoms with Crippen LogP contribution in [0.1, 0.15) is 15.9 Å². The molecule has 3 aromatic rings. The van der Waals surface area contributed by atoms with E-state index in [-0.39, 0.29) is 16.4 Å². The van der Waals surface area contributed by atoms with Crippen LogP contribution in [0.4, 0.5) is 5.13 Å². The zero-order valence-electron chi connectivity index (χ0n) is 18.0. The maximum atomic E-state index is 13.5. The van der Waals surface area contributed by atoms with E-state index >= 15 is 0 Å². The van der Waals surface area contributed by atoms with Gasteiger partial charge in [-0.25, -0.2) is 13.4 Å². The van der Waals surface area contributed by atoms with Crippen molar-refractivity contribution in [3.63, 3.8) is 0 Å². The molecule has 1 aliphatic rings. The first-order valence-corrected chi connectivity index (χ1v) is 12.5. The molecule has 32 heavy (non-hydrogen) atoms. The summed E-state index contributed by atoms with van der Waals surface area (Å²) in [7, 11) is -2.16. The first-order valence-electron chi connectivity index (χ1n) is 10.3. The Kier molecular flexibility index (Phi) is 6.87. The van der Waals surface area contributed by atoms with Gasteiger partial charge in [0, 0.05) is 25.8 Å². The van der Waals surface area contributed by atoms with Gasteiger partial charge in [0.15, 0.2) is 5.13 Å². The molecular formula is C22H25N3O5S2. The van der Waals surface area contributed by atoms with Crippen LogP contribution >= 0.6 is 11.3 Å². The third-order valence-corrected chi connectivity index (χ3v) is 8.40. The highest BCUT2D eigenvalue weighted by Crippen LogP contribution is 2.30. The van der Waals surface area contributed by atoms with E-state index in [0.29, 0.717) is 50.1 Å². The standard InChI is InChI=1S/C22H25N3O5S2/c1-16-7-8-17(15-20(16)32(27,28)24-9-13-30-14-10-24)21(26)25(11-12-29-2)22-23-18-5-3-4-6-19(18)31-22/h3-8,15H,9-14H2,1-2H3. The number of aromatic nitrogens is 1. The predicted octanol–water partition coefficient (Wildman–Crippen LogP) is 2.92. The molecule has 0 N–H and O–H groups in total. The maximum absolute atomic E-state index is 13.5. The normalized spacial score (nSPS) is 15.2. The Bertz CT molecular complexity index is 1190. The Morgan fingerprint density at radius 3 is 2.69 bits per heavy atom. The van der Waals surface area contributed by atoms with Crippen LogP contribution in [0.25, 0.3) is 10.2 Å². The zero-order valence-corrected chi connectivity index (χ0v) is 19.6. The highest BCUT2D eigenvalue weighted by atomic mass is 32.2. The van der Waals surface area contributed by atoms with Gasteiger partial charge in [-0.1, -0.05) is 29.5 Å². The molecule has 0 spiro atoms. The minimum Gasteiger partial charge on any atom is -0.383 e. The third kappa shape index (κ3) is 4.55. The van der Waals surface area contributed by atoms with Gasteiger partial charge >= 0.3 is 0 Å².